The lowest BCUT2D eigenvalue weighted by Crippen LogP contribution is -2.48. The normalized spacial score (nSPS) is 14.3. The molecule has 0 heterocycles. The Morgan fingerprint density at radius 3 is 1.79 bits per heavy atom. The standard InChI is InChI=1S/C35H51NO11S/c1-23-11-17-28(18-12-23)48(41,42)43-22-27(21-37)44-26-15-13-24(14-16-26)19-25(30(38)45-33(2,3)4)20-29(31(39)46-34(5,6)7)36-32(40)47-35(8,9)10/h11-18,25,27,29,37H,19-22H2,1-10H3,(H,36,40)/t25-,27?,29-/m0/s1. The van der Waals surface area contributed by atoms with Gasteiger partial charge in [0.1, 0.15) is 41.3 Å². The summed E-state index contributed by atoms with van der Waals surface area (Å²) in [7, 11) is -4.06. The lowest BCUT2D eigenvalue weighted by molar-refractivity contribution is -0.162. The van der Waals surface area contributed by atoms with E-state index in [0.717, 1.165) is 5.56 Å². The first-order chi connectivity index (χ1) is 22.0. The van der Waals surface area contributed by atoms with Crippen molar-refractivity contribution in [1.29, 1.82) is 0 Å². The number of carbonyl (C=O) groups is 3. The molecule has 0 aliphatic carbocycles. The van der Waals surface area contributed by atoms with Crippen molar-refractivity contribution in [3.63, 3.8) is 0 Å². The average Bonchev–Trinajstić information content (AvgIpc) is 2.92. The number of carbonyl (C=O) groups excluding carboxylic acids is 3. The van der Waals surface area contributed by atoms with Gasteiger partial charge in [-0.3, -0.25) is 8.98 Å². The number of aliphatic hydroxyl groups is 1. The van der Waals surface area contributed by atoms with E-state index in [1.54, 1.807) is 98.7 Å². The number of nitrogens with one attached hydrogen (secondary N) is 1. The van der Waals surface area contributed by atoms with Crippen LogP contribution in [0.4, 0.5) is 4.79 Å². The summed E-state index contributed by atoms with van der Waals surface area (Å²) in [6.07, 6.45) is -1.83. The van der Waals surface area contributed by atoms with Gasteiger partial charge in [-0.25, -0.2) is 9.59 Å². The molecule has 2 rings (SSSR count). The Labute approximate surface area is 284 Å². The van der Waals surface area contributed by atoms with Gasteiger partial charge in [0.25, 0.3) is 10.1 Å². The van der Waals surface area contributed by atoms with Gasteiger partial charge >= 0.3 is 18.0 Å². The van der Waals surface area contributed by atoms with Crippen LogP contribution in [0.2, 0.25) is 0 Å². The van der Waals surface area contributed by atoms with E-state index in [9.17, 15) is 27.9 Å². The monoisotopic (exact) mass is 693 g/mol. The molecule has 2 N–H and O–H groups in total. The molecule has 1 unspecified atom stereocenters. The molecule has 0 aromatic heterocycles. The van der Waals surface area contributed by atoms with Crippen LogP contribution in [0.3, 0.4) is 0 Å². The van der Waals surface area contributed by atoms with Crippen LogP contribution in [0.1, 0.15) is 79.9 Å². The second-order valence-corrected chi connectivity index (χ2v) is 16.1. The number of amides is 1. The maximum Gasteiger partial charge on any atom is 0.408 e. The third kappa shape index (κ3) is 15.0. The number of aliphatic hydroxyl groups excluding tert-OH is 1. The maximum absolute atomic E-state index is 13.4. The predicted molar refractivity (Wildman–Crippen MR) is 179 cm³/mol. The van der Waals surface area contributed by atoms with Gasteiger partial charge in [0, 0.05) is 0 Å². The minimum Gasteiger partial charge on any atom is -0.486 e. The van der Waals surface area contributed by atoms with Gasteiger partial charge in [0.05, 0.1) is 17.4 Å². The third-order valence-corrected chi connectivity index (χ3v) is 7.57. The van der Waals surface area contributed by atoms with Crippen LogP contribution in [0.15, 0.2) is 53.4 Å². The zero-order chi connectivity index (χ0) is 36.5. The van der Waals surface area contributed by atoms with Crippen molar-refractivity contribution in [2.24, 2.45) is 5.92 Å². The Kier molecular flexibility index (Phi) is 14.0. The molecule has 0 radical (unpaired) electrons. The summed E-state index contributed by atoms with van der Waals surface area (Å²) in [5.41, 5.74) is -0.928. The number of hydrogen-bond acceptors (Lipinski definition) is 11. The zero-order valence-electron chi connectivity index (χ0n) is 29.6. The fraction of sp³-hybridized carbons (Fsp3) is 0.571. The first kappa shape index (κ1) is 40.5. The summed E-state index contributed by atoms with van der Waals surface area (Å²) in [5, 5.41) is 12.4. The first-order valence-corrected chi connectivity index (χ1v) is 17.1. The molecule has 0 saturated heterocycles. The molecule has 3 atom stereocenters. The largest absolute Gasteiger partial charge is 0.486 e. The van der Waals surface area contributed by atoms with Gasteiger partial charge in [-0.05, 0) is 112 Å². The highest BCUT2D eigenvalue weighted by Gasteiger charge is 2.35. The molecule has 268 valence electrons. The SMILES string of the molecule is Cc1ccc(S(=O)(=O)OCC(CO)Oc2ccc(C[C@@H](C[C@H](NC(=O)OC(C)(C)C)C(=O)OC(C)(C)C)C(=O)OC(C)(C)C)cc2)cc1. The smallest absolute Gasteiger partial charge is 0.408 e. The molecule has 2 aromatic carbocycles. The number of benzene rings is 2. The molecule has 2 aromatic rings. The Morgan fingerprint density at radius 1 is 0.771 bits per heavy atom. The highest BCUT2D eigenvalue weighted by Crippen LogP contribution is 2.24. The van der Waals surface area contributed by atoms with Crippen LogP contribution in [-0.2, 0) is 44.5 Å². The quantitative estimate of drug-likeness (QED) is 0.151. The van der Waals surface area contributed by atoms with Crippen LogP contribution < -0.4 is 10.1 Å². The van der Waals surface area contributed by atoms with E-state index in [0.29, 0.717) is 11.3 Å². The molecular weight excluding hydrogens is 642 g/mol. The van der Waals surface area contributed by atoms with Crippen molar-refractivity contribution in [3.05, 3.63) is 59.7 Å². The molecule has 0 spiro atoms. The number of ether oxygens (including phenoxy) is 4. The minimum absolute atomic E-state index is 0.0103. The fourth-order valence-corrected chi connectivity index (χ4v) is 5.15. The van der Waals surface area contributed by atoms with E-state index in [1.807, 2.05) is 6.92 Å². The van der Waals surface area contributed by atoms with Crippen LogP contribution in [0.25, 0.3) is 0 Å². The Morgan fingerprint density at radius 2 is 1.29 bits per heavy atom. The van der Waals surface area contributed by atoms with Crippen molar-refractivity contribution in [3.8, 4) is 5.75 Å². The van der Waals surface area contributed by atoms with Crippen LogP contribution in [0, 0.1) is 12.8 Å². The number of alkyl carbamates (subject to hydrolysis) is 1. The van der Waals surface area contributed by atoms with Gasteiger partial charge in [-0.1, -0.05) is 29.8 Å². The van der Waals surface area contributed by atoms with Gasteiger partial charge in [-0.15, -0.1) is 0 Å². The second-order valence-electron chi connectivity index (χ2n) is 14.5. The van der Waals surface area contributed by atoms with Crippen molar-refractivity contribution in [1.82, 2.24) is 5.32 Å². The summed E-state index contributed by atoms with van der Waals surface area (Å²) in [4.78, 5) is 39.3. The second kappa shape index (κ2) is 16.6. The first-order valence-electron chi connectivity index (χ1n) is 15.7. The zero-order valence-corrected chi connectivity index (χ0v) is 30.4. The van der Waals surface area contributed by atoms with E-state index < -0.39 is 76.2 Å². The summed E-state index contributed by atoms with van der Waals surface area (Å²) < 4.78 is 52.6. The fourth-order valence-electron chi connectivity index (χ4n) is 4.21. The molecule has 0 fully saturated rings. The number of esters is 2. The van der Waals surface area contributed by atoms with E-state index in [2.05, 4.69) is 5.32 Å². The van der Waals surface area contributed by atoms with Crippen LogP contribution in [0.5, 0.6) is 5.75 Å². The predicted octanol–water partition coefficient (Wildman–Crippen LogP) is 5.27. The average molecular weight is 694 g/mol. The molecule has 0 aliphatic rings. The van der Waals surface area contributed by atoms with Crippen molar-refractivity contribution in [2.75, 3.05) is 13.2 Å². The molecule has 12 nitrogen and oxygen atoms in total. The van der Waals surface area contributed by atoms with E-state index in [1.165, 1.54) is 12.1 Å². The summed E-state index contributed by atoms with van der Waals surface area (Å²) in [5.74, 6) is -1.86. The molecule has 0 saturated carbocycles. The Bertz CT molecular complexity index is 1470. The van der Waals surface area contributed by atoms with Crippen molar-refractivity contribution < 1.29 is 51.0 Å². The maximum atomic E-state index is 13.4. The molecule has 0 aliphatic heterocycles. The number of hydrogen-bond donors (Lipinski definition) is 2. The molecule has 1 amide bonds. The molecule has 48 heavy (non-hydrogen) atoms. The summed E-state index contributed by atoms with van der Waals surface area (Å²) >= 11 is 0. The molecular formula is C35H51NO11S. The third-order valence-electron chi connectivity index (χ3n) is 6.27. The molecule has 13 heteroatoms. The summed E-state index contributed by atoms with van der Waals surface area (Å²) in [6.45, 7) is 16.2. The lowest BCUT2D eigenvalue weighted by atomic mass is 9.92. The Balaban J connectivity index is 2.23. The number of rotatable bonds is 14. The van der Waals surface area contributed by atoms with Crippen LogP contribution in [-0.4, -0.2) is 73.7 Å². The number of aryl methyl sites for hydroxylation is 1. The van der Waals surface area contributed by atoms with E-state index in [-0.39, 0.29) is 17.7 Å². The van der Waals surface area contributed by atoms with Gasteiger partial charge in [0.2, 0.25) is 0 Å². The lowest BCUT2D eigenvalue weighted by Gasteiger charge is -2.29. The van der Waals surface area contributed by atoms with Gasteiger partial charge in [0.15, 0.2) is 0 Å². The highest BCUT2D eigenvalue weighted by molar-refractivity contribution is 7.86. The van der Waals surface area contributed by atoms with Crippen molar-refractivity contribution >= 4 is 28.1 Å². The minimum atomic E-state index is -4.06. The highest BCUT2D eigenvalue weighted by atomic mass is 32.2. The van der Waals surface area contributed by atoms with Crippen molar-refractivity contribution in [2.45, 2.75) is 116 Å². The van der Waals surface area contributed by atoms with E-state index >= 15 is 0 Å². The summed E-state index contributed by atoms with van der Waals surface area (Å²) in [6, 6.07) is 11.5. The topological polar surface area (TPSA) is 164 Å². The molecule has 0 bridgehead atoms. The van der Waals surface area contributed by atoms with Gasteiger partial charge in [-0.2, -0.15) is 8.42 Å². The van der Waals surface area contributed by atoms with E-state index in [4.69, 9.17) is 23.1 Å². The Hall–Kier alpha value is -3.68. The van der Waals surface area contributed by atoms with Gasteiger partial charge < -0.3 is 29.4 Å². The van der Waals surface area contributed by atoms with Crippen LogP contribution >= 0.6 is 0 Å².